The molecule has 1 aromatic heterocycles. The number of nitrogens with one attached hydrogen (secondary N) is 1. The first-order valence-corrected chi connectivity index (χ1v) is 7.78. The van der Waals surface area contributed by atoms with Gasteiger partial charge in [0.2, 0.25) is 0 Å². The summed E-state index contributed by atoms with van der Waals surface area (Å²) in [7, 11) is 4.31. The maximum Gasteiger partial charge on any atom is 0.194 e. The van der Waals surface area contributed by atoms with Crippen LogP contribution >= 0.6 is 0 Å². The molecule has 0 radical (unpaired) electrons. The number of pyridine rings is 1. The van der Waals surface area contributed by atoms with Gasteiger partial charge >= 0.3 is 0 Å². The fraction of sp³-hybridized carbons (Fsp3) is 0.625. The van der Waals surface area contributed by atoms with Gasteiger partial charge in [0.05, 0.1) is 6.54 Å². The van der Waals surface area contributed by atoms with E-state index in [-0.39, 0.29) is 5.54 Å². The molecule has 0 saturated heterocycles. The molecule has 1 aliphatic rings. The van der Waals surface area contributed by atoms with E-state index in [0.29, 0.717) is 5.96 Å². The second-order valence-corrected chi connectivity index (χ2v) is 6.07. The summed E-state index contributed by atoms with van der Waals surface area (Å²) in [5.41, 5.74) is 6.15. The lowest BCUT2D eigenvalue weighted by atomic mass is 9.89. The number of guanidine groups is 1. The van der Waals surface area contributed by atoms with E-state index < -0.39 is 0 Å². The van der Waals surface area contributed by atoms with E-state index >= 15 is 0 Å². The van der Waals surface area contributed by atoms with E-state index in [2.05, 4.69) is 34.3 Å². The van der Waals surface area contributed by atoms with Crippen LogP contribution in [-0.4, -0.2) is 42.0 Å². The smallest absolute Gasteiger partial charge is 0.194 e. The molecule has 0 amide bonds. The molecule has 0 unspecified atom stereocenters. The van der Waals surface area contributed by atoms with Gasteiger partial charge in [-0.05, 0) is 39.1 Å². The number of rotatable bonds is 4. The Kier molecular flexibility index (Phi) is 5.56. The minimum Gasteiger partial charge on any atom is -0.370 e. The highest BCUT2D eigenvalue weighted by Crippen LogP contribution is 2.31. The van der Waals surface area contributed by atoms with Crippen molar-refractivity contribution in [3.63, 3.8) is 0 Å². The van der Waals surface area contributed by atoms with Crippen LogP contribution in [0, 0.1) is 0 Å². The molecule has 3 N–H and O–H groups in total. The van der Waals surface area contributed by atoms with Gasteiger partial charge in [0.1, 0.15) is 5.82 Å². The molecule has 0 atom stereocenters. The van der Waals surface area contributed by atoms with Crippen LogP contribution in [0.2, 0.25) is 0 Å². The zero-order valence-electron chi connectivity index (χ0n) is 13.2. The van der Waals surface area contributed by atoms with Gasteiger partial charge in [0.25, 0.3) is 0 Å². The molecule has 2 rings (SSSR count). The molecule has 5 nitrogen and oxygen atoms in total. The van der Waals surface area contributed by atoms with E-state index in [1.54, 1.807) is 6.20 Å². The van der Waals surface area contributed by atoms with Gasteiger partial charge in [-0.15, -0.1) is 0 Å². The highest BCUT2D eigenvalue weighted by Gasteiger charge is 2.32. The second kappa shape index (κ2) is 7.41. The van der Waals surface area contributed by atoms with E-state index in [1.807, 2.05) is 18.2 Å². The Labute approximate surface area is 127 Å². The quantitative estimate of drug-likeness (QED) is 0.507. The summed E-state index contributed by atoms with van der Waals surface area (Å²) in [6.07, 6.45) is 9.35. The number of aromatic nitrogens is 1. The number of hydrogen-bond donors (Lipinski definition) is 2. The van der Waals surface area contributed by atoms with Crippen molar-refractivity contribution >= 4 is 11.8 Å². The predicted molar refractivity (Wildman–Crippen MR) is 88.5 cm³/mol. The maximum atomic E-state index is 6.00. The molecule has 1 heterocycles. The zero-order chi connectivity index (χ0) is 15.1. The van der Waals surface area contributed by atoms with Crippen molar-refractivity contribution in [1.82, 2.24) is 9.88 Å². The molecule has 116 valence electrons. The number of aliphatic imine (C=N–C) groups is 1. The fourth-order valence-electron chi connectivity index (χ4n) is 2.97. The van der Waals surface area contributed by atoms with Crippen LogP contribution in [0.15, 0.2) is 29.4 Å². The topological polar surface area (TPSA) is 66.5 Å². The fourth-order valence-corrected chi connectivity index (χ4v) is 2.97. The van der Waals surface area contributed by atoms with Crippen molar-refractivity contribution < 1.29 is 0 Å². The molecule has 0 bridgehead atoms. The molecule has 1 aromatic rings. The average Bonchev–Trinajstić information content (AvgIpc) is 2.73. The highest BCUT2D eigenvalue weighted by atomic mass is 15.2. The minimum absolute atomic E-state index is 0.146. The summed E-state index contributed by atoms with van der Waals surface area (Å²) in [6.45, 7) is 0.742. The molecule has 5 heteroatoms. The molecule has 0 aliphatic heterocycles. The van der Waals surface area contributed by atoms with Crippen molar-refractivity contribution in [3.8, 4) is 0 Å². The van der Waals surface area contributed by atoms with Crippen LogP contribution in [0.4, 0.5) is 5.82 Å². The van der Waals surface area contributed by atoms with Crippen molar-refractivity contribution in [3.05, 3.63) is 24.4 Å². The van der Waals surface area contributed by atoms with Gasteiger partial charge in [-0.1, -0.05) is 31.7 Å². The lowest BCUT2D eigenvalue weighted by Gasteiger charge is -2.38. The van der Waals surface area contributed by atoms with Crippen molar-refractivity contribution in [2.75, 3.05) is 26.0 Å². The highest BCUT2D eigenvalue weighted by molar-refractivity contribution is 5.91. The molecular formula is C16H27N5. The molecule has 0 aromatic carbocycles. The van der Waals surface area contributed by atoms with Crippen molar-refractivity contribution in [1.29, 1.82) is 0 Å². The molecule has 21 heavy (non-hydrogen) atoms. The maximum absolute atomic E-state index is 6.00. The van der Waals surface area contributed by atoms with Crippen LogP contribution < -0.4 is 11.1 Å². The minimum atomic E-state index is 0.146. The third-order valence-electron chi connectivity index (χ3n) is 4.45. The van der Waals surface area contributed by atoms with Gasteiger partial charge in [0, 0.05) is 11.7 Å². The van der Waals surface area contributed by atoms with Gasteiger partial charge in [0.15, 0.2) is 5.96 Å². The van der Waals surface area contributed by atoms with Gasteiger partial charge < -0.3 is 16.0 Å². The number of hydrogen-bond acceptors (Lipinski definition) is 3. The lowest BCUT2D eigenvalue weighted by molar-refractivity contribution is 0.138. The summed E-state index contributed by atoms with van der Waals surface area (Å²) in [5, 5.41) is 3.05. The Morgan fingerprint density at radius 2 is 2.00 bits per heavy atom. The van der Waals surface area contributed by atoms with E-state index in [9.17, 15) is 0 Å². The molecule has 1 aliphatic carbocycles. The summed E-state index contributed by atoms with van der Waals surface area (Å²) < 4.78 is 0. The van der Waals surface area contributed by atoms with Gasteiger partial charge in [-0.3, -0.25) is 4.99 Å². The van der Waals surface area contributed by atoms with Crippen molar-refractivity contribution in [2.45, 2.75) is 44.1 Å². The summed E-state index contributed by atoms with van der Waals surface area (Å²) in [6, 6.07) is 5.69. The average molecular weight is 289 g/mol. The normalized spacial score (nSPS) is 19.3. The largest absolute Gasteiger partial charge is 0.370 e. The molecule has 1 saturated carbocycles. The Balaban J connectivity index is 2.01. The SMILES string of the molecule is CN(C)C1(CN=C(N)Nc2ccccn2)CCCCCC1. The van der Waals surface area contributed by atoms with Crippen molar-refractivity contribution in [2.24, 2.45) is 10.7 Å². The monoisotopic (exact) mass is 289 g/mol. The number of likely N-dealkylation sites (N-methyl/N-ethyl adjacent to an activating group) is 1. The van der Waals surface area contributed by atoms with Crippen LogP contribution in [-0.2, 0) is 0 Å². The number of nitrogens with two attached hydrogens (primary N) is 1. The summed E-state index contributed by atoms with van der Waals surface area (Å²) in [4.78, 5) is 11.1. The van der Waals surface area contributed by atoms with Gasteiger partial charge in [-0.25, -0.2) is 4.98 Å². The summed E-state index contributed by atoms with van der Waals surface area (Å²) in [5.74, 6) is 1.18. The Hall–Kier alpha value is -1.62. The van der Waals surface area contributed by atoms with Crippen LogP contribution in [0.3, 0.4) is 0 Å². The standard InChI is InChI=1S/C16H27N5/c1-21(2)16(10-6-3-4-7-11-16)13-19-15(17)20-14-9-5-8-12-18-14/h5,8-9,12H,3-4,6-7,10-11,13H2,1-2H3,(H3,17,18,19,20). The van der Waals surface area contributed by atoms with E-state index in [4.69, 9.17) is 5.73 Å². The Bertz CT molecular complexity index is 447. The first kappa shape index (κ1) is 15.8. The number of nitrogens with zero attached hydrogens (tertiary/aromatic N) is 3. The van der Waals surface area contributed by atoms with Gasteiger partial charge in [-0.2, -0.15) is 0 Å². The van der Waals surface area contributed by atoms with E-state index in [1.165, 1.54) is 38.5 Å². The Morgan fingerprint density at radius 1 is 1.29 bits per heavy atom. The zero-order valence-corrected chi connectivity index (χ0v) is 13.2. The predicted octanol–water partition coefficient (Wildman–Crippen LogP) is 2.46. The van der Waals surface area contributed by atoms with E-state index in [0.717, 1.165) is 12.4 Å². The molecule has 0 spiro atoms. The van der Waals surface area contributed by atoms with Crippen LogP contribution in [0.1, 0.15) is 38.5 Å². The first-order chi connectivity index (χ1) is 10.1. The van der Waals surface area contributed by atoms with Crippen LogP contribution in [0.5, 0.6) is 0 Å². The second-order valence-electron chi connectivity index (χ2n) is 6.07. The summed E-state index contributed by atoms with van der Waals surface area (Å²) >= 11 is 0. The molecular weight excluding hydrogens is 262 g/mol. The first-order valence-electron chi connectivity index (χ1n) is 7.78. The Morgan fingerprint density at radius 3 is 2.57 bits per heavy atom. The third-order valence-corrected chi connectivity index (χ3v) is 4.45. The number of anilines is 1. The molecule has 1 fully saturated rings. The lowest BCUT2D eigenvalue weighted by Crippen LogP contribution is -2.47. The van der Waals surface area contributed by atoms with Crippen LogP contribution in [0.25, 0.3) is 0 Å². The third kappa shape index (κ3) is 4.43.